The number of benzene rings is 1. The molecule has 1 saturated carbocycles. The van der Waals surface area contributed by atoms with Crippen LogP contribution in [-0.2, 0) is 4.74 Å². The molecule has 110 valence electrons. The molecule has 3 rings (SSSR count). The van der Waals surface area contributed by atoms with Crippen molar-refractivity contribution in [1.29, 1.82) is 0 Å². The lowest BCUT2D eigenvalue weighted by Gasteiger charge is -2.45. The van der Waals surface area contributed by atoms with E-state index in [-0.39, 0.29) is 11.6 Å². The predicted octanol–water partition coefficient (Wildman–Crippen LogP) is 3.57. The Bertz CT molecular complexity index is 473. The molecule has 1 atom stereocenters. The maximum atomic E-state index is 13.8. The maximum Gasteiger partial charge on any atom is 0.131 e. The molecule has 1 aromatic carbocycles. The molecule has 1 aromatic rings. The van der Waals surface area contributed by atoms with Crippen LogP contribution in [0.4, 0.5) is 8.78 Å². The topological polar surface area (TPSA) is 21.3 Å². The Kier molecular flexibility index (Phi) is 3.78. The molecule has 2 nitrogen and oxygen atoms in total. The van der Waals surface area contributed by atoms with Crippen molar-refractivity contribution < 1.29 is 13.5 Å². The molecule has 0 amide bonds. The Hall–Kier alpha value is -1.00. The first kappa shape index (κ1) is 14.0. The van der Waals surface area contributed by atoms with Crippen LogP contribution in [0.25, 0.3) is 0 Å². The van der Waals surface area contributed by atoms with Crippen molar-refractivity contribution in [1.82, 2.24) is 5.32 Å². The summed E-state index contributed by atoms with van der Waals surface area (Å²) in [6.45, 7) is 3.49. The molecule has 4 heteroatoms. The molecule has 1 heterocycles. The molecule has 1 spiro atoms. The number of hydrogen-bond acceptors (Lipinski definition) is 2. The molecule has 0 aromatic heterocycles. The summed E-state index contributed by atoms with van der Waals surface area (Å²) in [4.78, 5) is 0. The summed E-state index contributed by atoms with van der Waals surface area (Å²) in [5.74, 6) is -0.285. The molecular weight excluding hydrogens is 260 g/mol. The monoisotopic (exact) mass is 281 g/mol. The van der Waals surface area contributed by atoms with Crippen LogP contribution in [0.3, 0.4) is 0 Å². The van der Waals surface area contributed by atoms with Crippen LogP contribution in [0.2, 0.25) is 0 Å². The molecule has 1 saturated heterocycles. The molecule has 1 N–H and O–H groups in total. The zero-order valence-electron chi connectivity index (χ0n) is 11.8. The zero-order chi connectivity index (χ0) is 14.2. The fourth-order valence-corrected chi connectivity index (χ4v) is 3.28. The van der Waals surface area contributed by atoms with Gasteiger partial charge in [0.05, 0.1) is 12.7 Å². The number of morpholine rings is 1. The largest absolute Gasteiger partial charge is 0.370 e. The van der Waals surface area contributed by atoms with Crippen LogP contribution in [0.5, 0.6) is 0 Å². The van der Waals surface area contributed by atoms with Crippen molar-refractivity contribution in [3.05, 3.63) is 35.4 Å². The standard InChI is InChI=1S/C16H21F2NO/c1-11-4-6-16(7-5-11)10-20-15(9-19-16)13-3-2-12(17)8-14(13)18/h2-3,8,11,15,19H,4-7,9-10H2,1H3. The van der Waals surface area contributed by atoms with Crippen molar-refractivity contribution in [3.63, 3.8) is 0 Å². The van der Waals surface area contributed by atoms with Crippen LogP contribution in [0, 0.1) is 17.6 Å². The van der Waals surface area contributed by atoms with Crippen molar-refractivity contribution >= 4 is 0 Å². The zero-order valence-corrected chi connectivity index (χ0v) is 11.8. The molecule has 2 aliphatic rings. The average Bonchev–Trinajstić information content (AvgIpc) is 2.44. The Labute approximate surface area is 118 Å². The third-order valence-corrected chi connectivity index (χ3v) is 4.76. The number of nitrogens with one attached hydrogen (secondary N) is 1. The van der Waals surface area contributed by atoms with Gasteiger partial charge in [0, 0.05) is 23.7 Å². The highest BCUT2D eigenvalue weighted by Gasteiger charge is 2.38. The van der Waals surface area contributed by atoms with Crippen LogP contribution in [-0.4, -0.2) is 18.7 Å². The highest BCUT2D eigenvalue weighted by atomic mass is 19.1. The minimum absolute atomic E-state index is 0.0690. The molecule has 20 heavy (non-hydrogen) atoms. The van der Waals surface area contributed by atoms with Gasteiger partial charge in [-0.25, -0.2) is 8.78 Å². The summed E-state index contributed by atoms with van der Waals surface area (Å²) in [6, 6.07) is 3.69. The maximum absolute atomic E-state index is 13.8. The van der Waals surface area contributed by atoms with Crippen molar-refractivity contribution in [2.75, 3.05) is 13.2 Å². The summed E-state index contributed by atoms with van der Waals surface area (Å²) < 4.78 is 32.6. The molecule has 1 aliphatic carbocycles. The van der Waals surface area contributed by atoms with E-state index in [1.165, 1.54) is 25.0 Å². The summed E-state index contributed by atoms with van der Waals surface area (Å²) >= 11 is 0. The van der Waals surface area contributed by atoms with Gasteiger partial charge in [0.15, 0.2) is 0 Å². The minimum atomic E-state index is -0.548. The second-order valence-corrected chi connectivity index (χ2v) is 6.31. The number of rotatable bonds is 1. The molecule has 1 aliphatic heterocycles. The van der Waals surface area contributed by atoms with E-state index in [1.54, 1.807) is 0 Å². The first-order valence-electron chi connectivity index (χ1n) is 7.40. The Balaban J connectivity index is 1.66. The Morgan fingerprint density at radius 2 is 2.00 bits per heavy atom. The van der Waals surface area contributed by atoms with Crippen LogP contribution in [0.1, 0.15) is 44.3 Å². The van der Waals surface area contributed by atoms with E-state index in [1.807, 2.05) is 0 Å². The van der Waals surface area contributed by atoms with Crippen LogP contribution < -0.4 is 5.32 Å². The normalized spacial score (nSPS) is 34.4. The van der Waals surface area contributed by atoms with E-state index >= 15 is 0 Å². The number of hydrogen-bond donors (Lipinski definition) is 1. The van der Waals surface area contributed by atoms with Crippen molar-refractivity contribution in [3.8, 4) is 0 Å². The van der Waals surface area contributed by atoms with Gasteiger partial charge in [0.25, 0.3) is 0 Å². The van der Waals surface area contributed by atoms with Crippen molar-refractivity contribution in [2.24, 2.45) is 5.92 Å². The third kappa shape index (κ3) is 2.72. The van der Waals surface area contributed by atoms with Crippen LogP contribution >= 0.6 is 0 Å². The number of halogens is 2. The summed E-state index contributed by atoms with van der Waals surface area (Å²) in [5, 5.41) is 3.56. The molecule has 0 bridgehead atoms. The fraction of sp³-hybridized carbons (Fsp3) is 0.625. The van der Waals surface area contributed by atoms with E-state index in [0.29, 0.717) is 18.7 Å². The van der Waals surface area contributed by atoms with E-state index in [4.69, 9.17) is 4.74 Å². The first-order valence-corrected chi connectivity index (χ1v) is 7.40. The quantitative estimate of drug-likeness (QED) is 0.849. The number of ether oxygens (including phenoxy) is 1. The van der Waals surface area contributed by atoms with Gasteiger partial charge in [-0.2, -0.15) is 0 Å². The molecule has 2 fully saturated rings. The Morgan fingerprint density at radius 3 is 2.60 bits per heavy atom. The SMILES string of the molecule is CC1CCC2(CC1)COC(c1ccc(F)cc1F)CN2. The van der Waals surface area contributed by atoms with Crippen molar-refractivity contribution in [2.45, 2.75) is 44.2 Å². The van der Waals surface area contributed by atoms with Gasteiger partial charge >= 0.3 is 0 Å². The predicted molar refractivity (Wildman–Crippen MR) is 73.4 cm³/mol. The second-order valence-electron chi connectivity index (χ2n) is 6.31. The summed E-state index contributed by atoms with van der Waals surface area (Å²) in [6.07, 6.45) is 4.35. The van der Waals surface area contributed by atoms with E-state index in [2.05, 4.69) is 12.2 Å². The lowest BCUT2D eigenvalue weighted by atomic mass is 9.77. The van der Waals surface area contributed by atoms with Gasteiger partial charge in [-0.05, 0) is 37.7 Å². The van der Waals surface area contributed by atoms with Gasteiger partial charge in [-0.15, -0.1) is 0 Å². The molecular formula is C16H21F2NO. The summed E-state index contributed by atoms with van der Waals surface area (Å²) in [5.41, 5.74) is 0.511. The molecule has 1 unspecified atom stereocenters. The smallest absolute Gasteiger partial charge is 0.131 e. The van der Waals surface area contributed by atoms with Gasteiger partial charge < -0.3 is 10.1 Å². The lowest BCUT2D eigenvalue weighted by Crippen LogP contribution is -2.56. The fourth-order valence-electron chi connectivity index (χ4n) is 3.28. The minimum Gasteiger partial charge on any atom is -0.370 e. The summed E-state index contributed by atoms with van der Waals surface area (Å²) in [7, 11) is 0. The van der Waals surface area contributed by atoms with E-state index in [9.17, 15) is 8.78 Å². The second kappa shape index (κ2) is 5.41. The van der Waals surface area contributed by atoms with Gasteiger partial charge in [-0.1, -0.05) is 13.0 Å². The van der Waals surface area contributed by atoms with E-state index in [0.717, 1.165) is 24.8 Å². The van der Waals surface area contributed by atoms with Gasteiger partial charge in [0.1, 0.15) is 11.6 Å². The third-order valence-electron chi connectivity index (χ3n) is 4.76. The van der Waals surface area contributed by atoms with Crippen LogP contribution in [0.15, 0.2) is 18.2 Å². The molecule has 0 radical (unpaired) electrons. The lowest BCUT2D eigenvalue weighted by molar-refractivity contribution is -0.0517. The highest BCUT2D eigenvalue weighted by molar-refractivity contribution is 5.22. The van der Waals surface area contributed by atoms with E-state index < -0.39 is 11.6 Å². The highest BCUT2D eigenvalue weighted by Crippen LogP contribution is 2.36. The first-order chi connectivity index (χ1) is 9.58. The average molecular weight is 281 g/mol. The Morgan fingerprint density at radius 1 is 1.25 bits per heavy atom. The van der Waals surface area contributed by atoms with Gasteiger partial charge in [0.2, 0.25) is 0 Å². The van der Waals surface area contributed by atoms with Gasteiger partial charge in [-0.3, -0.25) is 0 Å².